The highest BCUT2D eigenvalue weighted by molar-refractivity contribution is 5.83. The number of pyridine rings is 1. The first-order valence-electron chi connectivity index (χ1n) is 8.58. The number of alkyl halides is 3. The molecule has 0 bridgehead atoms. The first-order valence-corrected chi connectivity index (χ1v) is 8.58. The molecule has 1 aromatic heterocycles. The molecule has 1 amide bonds. The number of halogens is 3. The third-order valence-corrected chi connectivity index (χ3v) is 5.68. The molecule has 0 spiro atoms. The Balaban J connectivity index is 1.85. The molecule has 1 saturated carbocycles. The number of hydrogen-bond donors (Lipinski definition) is 0. The summed E-state index contributed by atoms with van der Waals surface area (Å²) in [6, 6.07) is 1.15. The molecule has 1 aliphatic carbocycles. The van der Waals surface area contributed by atoms with Crippen molar-refractivity contribution < 1.29 is 18.0 Å². The first-order chi connectivity index (χ1) is 11.2. The summed E-state index contributed by atoms with van der Waals surface area (Å²) in [4.78, 5) is 18.9. The standard InChI is InChI=1S/C18H23F3N2O/c1-12(2)17(6-3-4-7-17)16(24)23-8-5-15-13(11-23)9-14(10-22-15)18(19,20)21/h9-10,12H,3-8,11H2,1-2H3. The zero-order valence-electron chi connectivity index (χ0n) is 14.1. The van der Waals surface area contributed by atoms with Crippen molar-refractivity contribution in [1.82, 2.24) is 9.88 Å². The van der Waals surface area contributed by atoms with E-state index in [1.165, 1.54) is 0 Å². The number of aromatic nitrogens is 1. The van der Waals surface area contributed by atoms with Crippen LogP contribution in [0.4, 0.5) is 13.2 Å². The van der Waals surface area contributed by atoms with Gasteiger partial charge in [-0.1, -0.05) is 26.7 Å². The van der Waals surface area contributed by atoms with Crippen LogP contribution in [0.1, 0.15) is 56.4 Å². The average Bonchev–Trinajstić information content (AvgIpc) is 3.03. The molecule has 0 aromatic carbocycles. The third-order valence-electron chi connectivity index (χ3n) is 5.68. The molecule has 6 heteroatoms. The van der Waals surface area contributed by atoms with E-state index < -0.39 is 11.7 Å². The number of rotatable bonds is 2. The van der Waals surface area contributed by atoms with Crippen molar-refractivity contribution in [3.8, 4) is 0 Å². The van der Waals surface area contributed by atoms with E-state index in [2.05, 4.69) is 18.8 Å². The SMILES string of the molecule is CC(C)C1(C(=O)N2CCc3ncc(C(F)(F)F)cc3C2)CCCC1. The maximum atomic E-state index is 13.1. The molecular formula is C18H23F3N2O. The van der Waals surface area contributed by atoms with Crippen LogP contribution in [-0.2, 0) is 23.9 Å². The summed E-state index contributed by atoms with van der Waals surface area (Å²) in [5.74, 6) is 0.353. The largest absolute Gasteiger partial charge is 0.417 e. The fourth-order valence-corrected chi connectivity index (χ4v) is 4.11. The zero-order valence-corrected chi connectivity index (χ0v) is 14.1. The van der Waals surface area contributed by atoms with Crippen molar-refractivity contribution in [3.05, 3.63) is 29.1 Å². The normalized spacial score (nSPS) is 20.3. The van der Waals surface area contributed by atoms with Gasteiger partial charge in [0, 0.05) is 31.4 Å². The van der Waals surface area contributed by atoms with Gasteiger partial charge in [-0.2, -0.15) is 13.2 Å². The molecule has 0 unspecified atom stereocenters. The van der Waals surface area contributed by atoms with Gasteiger partial charge in [-0.15, -0.1) is 0 Å². The third kappa shape index (κ3) is 2.91. The van der Waals surface area contributed by atoms with E-state index in [0.717, 1.165) is 37.9 Å². The predicted molar refractivity (Wildman–Crippen MR) is 84.1 cm³/mol. The van der Waals surface area contributed by atoms with Gasteiger partial charge in [0.2, 0.25) is 5.91 Å². The van der Waals surface area contributed by atoms with Crippen LogP contribution < -0.4 is 0 Å². The van der Waals surface area contributed by atoms with Crippen LogP contribution in [-0.4, -0.2) is 22.3 Å². The van der Waals surface area contributed by atoms with Gasteiger partial charge in [-0.25, -0.2) is 0 Å². The smallest absolute Gasteiger partial charge is 0.337 e. The number of nitrogens with zero attached hydrogens (tertiary/aromatic N) is 2. The van der Waals surface area contributed by atoms with E-state index in [1.807, 2.05) is 0 Å². The lowest BCUT2D eigenvalue weighted by molar-refractivity contribution is -0.145. The van der Waals surface area contributed by atoms with Gasteiger partial charge < -0.3 is 4.90 Å². The average molecular weight is 340 g/mol. The highest BCUT2D eigenvalue weighted by Gasteiger charge is 2.46. The summed E-state index contributed by atoms with van der Waals surface area (Å²) in [7, 11) is 0. The van der Waals surface area contributed by atoms with Gasteiger partial charge in [0.25, 0.3) is 0 Å². The second kappa shape index (κ2) is 6.05. The predicted octanol–water partition coefficient (Wildman–Crippen LogP) is 4.20. The molecule has 0 radical (unpaired) electrons. The van der Waals surface area contributed by atoms with Crippen LogP contribution in [0.15, 0.2) is 12.3 Å². The summed E-state index contributed by atoms with van der Waals surface area (Å²) >= 11 is 0. The fourth-order valence-electron chi connectivity index (χ4n) is 4.11. The van der Waals surface area contributed by atoms with E-state index in [-0.39, 0.29) is 23.8 Å². The fraction of sp³-hybridized carbons (Fsp3) is 0.667. The van der Waals surface area contributed by atoms with Crippen molar-refractivity contribution in [1.29, 1.82) is 0 Å². The second-order valence-electron chi connectivity index (χ2n) is 7.32. The van der Waals surface area contributed by atoms with E-state index in [4.69, 9.17) is 0 Å². The minimum atomic E-state index is -4.40. The molecule has 2 aliphatic rings. The van der Waals surface area contributed by atoms with Crippen LogP contribution in [0.5, 0.6) is 0 Å². The van der Waals surface area contributed by atoms with Gasteiger partial charge in [-0.3, -0.25) is 9.78 Å². The molecule has 0 saturated heterocycles. The van der Waals surface area contributed by atoms with Gasteiger partial charge >= 0.3 is 6.18 Å². The molecule has 0 atom stereocenters. The maximum Gasteiger partial charge on any atom is 0.417 e. The molecule has 3 rings (SSSR count). The summed E-state index contributed by atoms with van der Waals surface area (Å²) in [6.07, 6.45) is 0.874. The molecule has 1 aliphatic heterocycles. The van der Waals surface area contributed by atoms with E-state index in [1.54, 1.807) is 4.90 Å². The first kappa shape index (κ1) is 17.2. The minimum Gasteiger partial charge on any atom is -0.337 e. The van der Waals surface area contributed by atoms with Crippen molar-refractivity contribution in [2.24, 2.45) is 11.3 Å². The number of carbonyl (C=O) groups excluding carboxylic acids is 1. The van der Waals surface area contributed by atoms with E-state index >= 15 is 0 Å². The van der Waals surface area contributed by atoms with E-state index in [9.17, 15) is 18.0 Å². The van der Waals surface area contributed by atoms with E-state index in [0.29, 0.717) is 24.2 Å². The van der Waals surface area contributed by atoms with Gasteiger partial charge in [-0.05, 0) is 30.4 Å². The summed E-state index contributed by atoms with van der Waals surface area (Å²) in [6.45, 7) is 4.92. The van der Waals surface area contributed by atoms with Gasteiger partial charge in [0.15, 0.2) is 0 Å². The maximum absolute atomic E-state index is 13.1. The lowest BCUT2D eigenvalue weighted by atomic mass is 9.74. The lowest BCUT2D eigenvalue weighted by Crippen LogP contribution is -2.47. The summed E-state index contributed by atoms with van der Waals surface area (Å²) in [5.41, 5.74) is 0.125. The van der Waals surface area contributed by atoms with Crippen LogP contribution in [0.25, 0.3) is 0 Å². The van der Waals surface area contributed by atoms with Gasteiger partial charge in [0.05, 0.1) is 11.0 Å². The molecule has 1 fully saturated rings. The number of amides is 1. The Morgan fingerprint density at radius 2 is 1.96 bits per heavy atom. The Kier molecular flexibility index (Phi) is 4.34. The quantitative estimate of drug-likeness (QED) is 0.808. The summed E-state index contributed by atoms with van der Waals surface area (Å²) < 4.78 is 38.7. The Bertz CT molecular complexity index is 634. The van der Waals surface area contributed by atoms with Crippen LogP contribution in [0.2, 0.25) is 0 Å². The number of hydrogen-bond acceptors (Lipinski definition) is 2. The van der Waals surface area contributed by atoms with Crippen molar-refractivity contribution >= 4 is 5.91 Å². The Labute approximate surface area is 140 Å². The summed E-state index contributed by atoms with van der Waals surface area (Å²) in [5, 5.41) is 0. The van der Waals surface area contributed by atoms with Crippen molar-refractivity contribution in [2.75, 3.05) is 6.54 Å². The zero-order chi connectivity index (χ0) is 17.5. The van der Waals surface area contributed by atoms with Gasteiger partial charge in [0.1, 0.15) is 0 Å². The second-order valence-corrected chi connectivity index (χ2v) is 7.32. The Morgan fingerprint density at radius 3 is 2.54 bits per heavy atom. The Morgan fingerprint density at radius 1 is 1.29 bits per heavy atom. The Hall–Kier alpha value is -1.59. The van der Waals surface area contributed by atoms with Crippen molar-refractivity contribution in [3.63, 3.8) is 0 Å². The molecule has 3 nitrogen and oxygen atoms in total. The van der Waals surface area contributed by atoms with Crippen LogP contribution in [0.3, 0.4) is 0 Å². The highest BCUT2D eigenvalue weighted by atomic mass is 19.4. The monoisotopic (exact) mass is 340 g/mol. The molecule has 0 N–H and O–H groups in total. The number of fused-ring (bicyclic) bond motifs is 1. The molecule has 2 heterocycles. The minimum absolute atomic E-state index is 0.109. The van der Waals surface area contributed by atoms with Crippen LogP contribution >= 0.6 is 0 Å². The topological polar surface area (TPSA) is 33.2 Å². The molecule has 1 aromatic rings. The lowest BCUT2D eigenvalue weighted by Gasteiger charge is -2.39. The molecular weight excluding hydrogens is 317 g/mol. The molecule has 132 valence electrons. The van der Waals surface area contributed by atoms with Crippen LogP contribution in [0, 0.1) is 11.3 Å². The van der Waals surface area contributed by atoms with Crippen molar-refractivity contribution in [2.45, 2.75) is 58.7 Å². The number of carbonyl (C=O) groups is 1. The highest BCUT2D eigenvalue weighted by Crippen LogP contribution is 2.46. The molecule has 24 heavy (non-hydrogen) atoms.